The summed E-state index contributed by atoms with van der Waals surface area (Å²) in [6.45, 7) is 5.08. The number of hydrogen-bond donors (Lipinski definition) is 1. The fraction of sp³-hybridized carbons (Fsp3) is 0.412. The molecule has 1 amide bonds. The molecule has 8 heteroatoms. The first-order valence-electron chi connectivity index (χ1n) is 7.69. The van der Waals surface area contributed by atoms with E-state index in [9.17, 15) is 18.0 Å². The van der Waals surface area contributed by atoms with Crippen LogP contribution >= 0.6 is 0 Å². The second-order valence-electron chi connectivity index (χ2n) is 5.94. The van der Waals surface area contributed by atoms with Crippen molar-refractivity contribution >= 4 is 11.6 Å². The Hall–Kier alpha value is -2.51. The number of benzene rings is 1. The van der Waals surface area contributed by atoms with Crippen LogP contribution in [0.15, 0.2) is 24.3 Å². The molecule has 136 valence electrons. The van der Waals surface area contributed by atoms with E-state index in [2.05, 4.69) is 10.4 Å². The Morgan fingerprint density at radius 2 is 2.00 bits per heavy atom. The summed E-state index contributed by atoms with van der Waals surface area (Å²) >= 11 is 0. The number of nitrogens with one attached hydrogen (secondary N) is 1. The van der Waals surface area contributed by atoms with Gasteiger partial charge in [-0.05, 0) is 37.6 Å². The molecule has 0 aliphatic rings. The van der Waals surface area contributed by atoms with Gasteiger partial charge in [0.15, 0.2) is 5.69 Å². The molecule has 0 spiro atoms. The van der Waals surface area contributed by atoms with Crippen molar-refractivity contribution < 1.29 is 22.7 Å². The fourth-order valence-electron chi connectivity index (χ4n) is 2.35. The van der Waals surface area contributed by atoms with Crippen LogP contribution in [0.1, 0.15) is 23.9 Å². The third-order valence-electron chi connectivity index (χ3n) is 3.78. The number of carbonyl (C=O) groups excluding carboxylic acids is 1. The van der Waals surface area contributed by atoms with Gasteiger partial charge in [-0.25, -0.2) is 0 Å². The smallest absolute Gasteiger partial charge is 0.435 e. The van der Waals surface area contributed by atoms with Crippen LogP contribution < -0.4 is 10.1 Å². The van der Waals surface area contributed by atoms with E-state index in [1.807, 2.05) is 13.0 Å². The molecule has 1 atom stereocenters. The van der Waals surface area contributed by atoms with Gasteiger partial charge in [-0.2, -0.15) is 18.3 Å². The average Bonchev–Trinajstić information content (AvgIpc) is 2.88. The average molecular weight is 355 g/mol. The van der Waals surface area contributed by atoms with E-state index in [-0.39, 0.29) is 12.5 Å². The molecule has 0 saturated heterocycles. The largest absolute Gasteiger partial charge is 0.495 e. The summed E-state index contributed by atoms with van der Waals surface area (Å²) in [6, 6.07) is 6.32. The summed E-state index contributed by atoms with van der Waals surface area (Å²) < 4.78 is 44.5. The molecule has 0 bridgehead atoms. The Bertz CT molecular complexity index is 769. The van der Waals surface area contributed by atoms with Crippen molar-refractivity contribution in [1.29, 1.82) is 0 Å². The van der Waals surface area contributed by atoms with Crippen LogP contribution in [0.5, 0.6) is 5.75 Å². The Morgan fingerprint density at radius 1 is 1.32 bits per heavy atom. The first kappa shape index (κ1) is 18.8. The first-order chi connectivity index (χ1) is 11.6. The highest BCUT2D eigenvalue weighted by Crippen LogP contribution is 2.29. The number of methoxy groups -OCH3 is 1. The second-order valence-corrected chi connectivity index (χ2v) is 5.94. The SMILES string of the molecule is COc1ccc(C)cc1NC(=O)C(C)Cn1nc(C(F)(F)F)cc1C. The third-order valence-corrected chi connectivity index (χ3v) is 3.78. The van der Waals surface area contributed by atoms with E-state index >= 15 is 0 Å². The molecule has 2 aromatic rings. The van der Waals surface area contributed by atoms with Gasteiger partial charge in [0.1, 0.15) is 5.75 Å². The lowest BCUT2D eigenvalue weighted by atomic mass is 10.1. The highest BCUT2D eigenvalue weighted by molar-refractivity contribution is 5.93. The van der Waals surface area contributed by atoms with Crippen LogP contribution in [-0.2, 0) is 17.5 Å². The molecule has 0 radical (unpaired) electrons. The minimum Gasteiger partial charge on any atom is -0.495 e. The van der Waals surface area contributed by atoms with Gasteiger partial charge in [0.25, 0.3) is 0 Å². The van der Waals surface area contributed by atoms with E-state index in [1.165, 1.54) is 18.7 Å². The normalized spacial score (nSPS) is 12.8. The van der Waals surface area contributed by atoms with Gasteiger partial charge in [-0.15, -0.1) is 0 Å². The number of hydrogen-bond acceptors (Lipinski definition) is 3. The van der Waals surface area contributed by atoms with Crippen molar-refractivity contribution in [3.05, 3.63) is 41.2 Å². The van der Waals surface area contributed by atoms with Gasteiger partial charge in [-0.3, -0.25) is 9.48 Å². The summed E-state index contributed by atoms with van der Waals surface area (Å²) in [5.41, 5.74) is 0.854. The predicted octanol–water partition coefficient (Wildman–Crippen LogP) is 3.80. The molecular weight excluding hydrogens is 335 g/mol. The summed E-state index contributed by atoms with van der Waals surface area (Å²) in [6.07, 6.45) is -4.50. The van der Waals surface area contributed by atoms with Crippen molar-refractivity contribution in [3.8, 4) is 5.75 Å². The Morgan fingerprint density at radius 3 is 2.56 bits per heavy atom. The highest BCUT2D eigenvalue weighted by Gasteiger charge is 2.34. The molecule has 0 fully saturated rings. The fourth-order valence-corrected chi connectivity index (χ4v) is 2.35. The van der Waals surface area contributed by atoms with Crippen molar-refractivity contribution in [2.75, 3.05) is 12.4 Å². The zero-order valence-electron chi connectivity index (χ0n) is 14.4. The van der Waals surface area contributed by atoms with Crippen LogP contribution in [0.4, 0.5) is 18.9 Å². The molecule has 1 N–H and O–H groups in total. The number of aryl methyl sites for hydroxylation is 2. The van der Waals surface area contributed by atoms with Crippen LogP contribution in [0.3, 0.4) is 0 Å². The molecule has 0 saturated carbocycles. The maximum atomic E-state index is 12.7. The van der Waals surface area contributed by atoms with E-state index in [1.54, 1.807) is 19.1 Å². The molecule has 0 aliphatic heterocycles. The lowest BCUT2D eigenvalue weighted by Gasteiger charge is -2.15. The van der Waals surface area contributed by atoms with Gasteiger partial charge in [0, 0.05) is 5.69 Å². The third kappa shape index (κ3) is 4.52. The van der Waals surface area contributed by atoms with Gasteiger partial charge >= 0.3 is 6.18 Å². The number of amides is 1. The second kappa shape index (κ2) is 7.16. The van der Waals surface area contributed by atoms with Crippen LogP contribution in [0.2, 0.25) is 0 Å². The van der Waals surface area contributed by atoms with Crippen LogP contribution in [0, 0.1) is 19.8 Å². The number of alkyl halides is 3. The quantitative estimate of drug-likeness (QED) is 0.887. The maximum Gasteiger partial charge on any atom is 0.435 e. The van der Waals surface area contributed by atoms with E-state index in [0.29, 0.717) is 17.1 Å². The van der Waals surface area contributed by atoms with Gasteiger partial charge in [0.05, 0.1) is 25.3 Å². The lowest BCUT2D eigenvalue weighted by Crippen LogP contribution is -2.25. The molecule has 1 aromatic carbocycles. The monoisotopic (exact) mass is 355 g/mol. The van der Waals surface area contributed by atoms with Gasteiger partial charge in [-0.1, -0.05) is 13.0 Å². The minimum atomic E-state index is -4.50. The number of ether oxygens (including phenoxy) is 1. The minimum absolute atomic E-state index is 0.0435. The first-order valence-corrected chi connectivity index (χ1v) is 7.69. The summed E-state index contributed by atoms with van der Waals surface area (Å²) in [5.74, 6) is -0.391. The van der Waals surface area contributed by atoms with Gasteiger partial charge < -0.3 is 10.1 Å². The lowest BCUT2D eigenvalue weighted by molar-refractivity contribution is -0.141. The number of nitrogens with zero attached hydrogens (tertiary/aromatic N) is 2. The zero-order chi connectivity index (χ0) is 18.8. The van der Waals surface area contributed by atoms with Crippen molar-refractivity contribution in [3.63, 3.8) is 0 Å². The van der Waals surface area contributed by atoms with Crippen LogP contribution in [0.25, 0.3) is 0 Å². The van der Waals surface area contributed by atoms with E-state index in [0.717, 1.165) is 11.6 Å². The van der Waals surface area contributed by atoms with Gasteiger partial charge in [0.2, 0.25) is 5.91 Å². The standard InChI is InChI=1S/C17H20F3N3O2/c1-10-5-6-14(25-4)13(7-10)21-16(24)11(2)9-23-12(3)8-15(22-23)17(18,19)20/h5-8,11H,9H2,1-4H3,(H,21,24). The molecule has 5 nitrogen and oxygen atoms in total. The van der Waals surface area contributed by atoms with Crippen molar-refractivity contribution in [2.45, 2.75) is 33.5 Å². The molecule has 2 rings (SSSR count). The van der Waals surface area contributed by atoms with Crippen LogP contribution in [-0.4, -0.2) is 22.8 Å². The number of carbonyl (C=O) groups is 1. The topological polar surface area (TPSA) is 56.1 Å². The molecule has 1 heterocycles. The molecular formula is C17H20F3N3O2. The maximum absolute atomic E-state index is 12.7. The summed E-state index contributed by atoms with van der Waals surface area (Å²) in [4.78, 5) is 12.4. The number of anilines is 1. The molecule has 0 aliphatic carbocycles. The Labute approximate surface area is 143 Å². The Kier molecular flexibility index (Phi) is 5.39. The summed E-state index contributed by atoms with van der Waals surface area (Å²) in [7, 11) is 1.50. The predicted molar refractivity (Wildman–Crippen MR) is 87.5 cm³/mol. The summed E-state index contributed by atoms with van der Waals surface area (Å²) in [5, 5.41) is 6.30. The number of aromatic nitrogens is 2. The molecule has 25 heavy (non-hydrogen) atoms. The van der Waals surface area contributed by atoms with Crippen molar-refractivity contribution in [2.24, 2.45) is 5.92 Å². The van der Waals surface area contributed by atoms with Crippen molar-refractivity contribution in [1.82, 2.24) is 9.78 Å². The molecule has 1 aromatic heterocycles. The zero-order valence-corrected chi connectivity index (χ0v) is 14.4. The van der Waals surface area contributed by atoms with E-state index in [4.69, 9.17) is 4.74 Å². The Balaban J connectivity index is 2.11. The molecule has 1 unspecified atom stereocenters. The van der Waals surface area contributed by atoms with E-state index < -0.39 is 17.8 Å². The number of rotatable bonds is 5. The highest BCUT2D eigenvalue weighted by atomic mass is 19.4. The number of halogens is 3.